The molecule has 1 aromatic rings. The third-order valence-corrected chi connectivity index (χ3v) is 3.22. The zero-order valence-electron chi connectivity index (χ0n) is 12.6. The molecule has 0 aliphatic heterocycles. The van der Waals surface area contributed by atoms with Crippen LogP contribution in [0.5, 0.6) is 5.75 Å². The molecule has 0 amide bonds. The van der Waals surface area contributed by atoms with E-state index in [-0.39, 0.29) is 0 Å². The van der Waals surface area contributed by atoms with E-state index >= 15 is 0 Å². The van der Waals surface area contributed by atoms with E-state index in [0.717, 1.165) is 18.7 Å². The predicted octanol–water partition coefficient (Wildman–Crippen LogP) is 4.01. The van der Waals surface area contributed by atoms with Gasteiger partial charge in [-0.25, -0.2) is 0 Å². The summed E-state index contributed by atoms with van der Waals surface area (Å²) in [7, 11) is 1.76. The number of hydrogen-bond donors (Lipinski definition) is 1. The molecule has 1 aromatic carbocycles. The van der Waals surface area contributed by atoms with Crippen LogP contribution in [0.25, 0.3) is 0 Å². The second kappa shape index (κ2) is 6.79. The van der Waals surface area contributed by atoms with Crippen molar-refractivity contribution in [1.82, 2.24) is 5.32 Å². The zero-order valence-corrected chi connectivity index (χ0v) is 12.6. The minimum Gasteiger partial charge on any atom is -0.496 e. The first-order valence-corrected chi connectivity index (χ1v) is 6.88. The van der Waals surface area contributed by atoms with Crippen molar-refractivity contribution in [2.24, 2.45) is 5.92 Å². The van der Waals surface area contributed by atoms with Crippen LogP contribution in [0.4, 0.5) is 0 Å². The highest BCUT2D eigenvalue weighted by Crippen LogP contribution is 2.33. The second-order valence-corrected chi connectivity index (χ2v) is 5.44. The maximum Gasteiger partial charge on any atom is 0.124 e. The van der Waals surface area contributed by atoms with Gasteiger partial charge < -0.3 is 10.1 Å². The molecule has 1 N–H and O–H groups in total. The highest BCUT2D eigenvalue weighted by molar-refractivity contribution is 5.45. The van der Waals surface area contributed by atoms with Crippen molar-refractivity contribution in [3.8, 4) is 5.75 Å². The van der Waals surface area contributed by atoms with Gasteiger partial charge in [0.2, 0.25) is 0 Å². The Morgan fingerprint density at radius 2 is 1.89 bits per heavy atom. The van der Waals surface area contributed by atoms with Crippen molar-refractivity contribution >= 4 is 0 Å². The molecule has 102 valence electrons. The summed E-state index contributed by atoms with van der Waals surface area (Å²) >= 11 is 0. The molecule has 2 nitrogen and oxygen atoms in total. The summed E-state index contributed by atoms with van der Waals surface area (Å²) in [4.78, 5) is 0. The fourth-order valence-electron chi connectivity index (χ4n) is 2.58. The first-order chi connectivity index (χ1) is 8.49. The number of methoxy groups -OCH3 is 1. The molecule has 1 atom stereocenters. The van der Waals surface area contributed by atoms with E-state index in [1.807, 2.05) is 0 Å². The lowest BCUT2D eigenvalue weighted by Crippen LogP contribution is -2.24. The molecule has 18 heavy (non-hydrogen) atoms. The quantitative estimate of drug-likeness (QED) is 0.822. The van der Waals surface area contributed by atoms with Crippen LogP contribution in [0, 0.1) is 19.8 Å². The van der Waals surface area contributed by atoms with Crippen molar-refractivity contribution in [3.05, 3.63) is 28.8 Å². The normalized spacial score (nSPS) is 12.8. The summed E-state index contributed by atoms with van der Waals surface area (Å²) in [5.74, 6) is 1.68. The Kier molecular flexibility index (Phi) is 5.67. The third-order valence-electron chi connectivity index (χ3n) is 3.22. The van der Waals surface area contributed by atoms with E-state index in [0.29, 0.717) is 12.0 Å². The number of ether oxygens (including phenoxy) is 1. The maximum absolute atomic E-state index is 5.58. The molecule has 0 aromatic heterocycles. The van der Waals surface area contributed by atoms with E-state index in [2.05, 4.69) is 52.1 Å². The molecule has 0 saturated carbocycles. The number of hydrogen-bond acceptors (Lipinski definition) is 2. The molecule has 0 heterocycles. The smallest absolute Gasteiger partial charge is 0.124 e. The van der Waals surface area contributed by atoms with Gasteiger partial charge in [0.25, 0.3) is 0 Å². The van der Waals surface area contributed by atoms with Gasteiger partial charge in [0.1, 0.15) is 5.75 Å². The van der Waals surface area contributed by atoms with Gasteiger partial charge in [0.15, 0.2) is 0 Å². The minimum atomic E-state index is 0.380. The van der Waals surface area contributed by atoms with E-state index in [4.69, 9.17) is 4.74 Å². The molecule has 0 saturated heterocycles. The molecular weight excluding hydrogens is 222 g/mol. The van der Waals surface area contributed by atoms with Crippen LogP contribution in [-0.2, 0) is 0 Å². The molecule has 0 fully saturated rings. The summed E-state index contributed by atoms with van der Waals surface area (Å²) in [6, 6.07) is 4.75. The first kappa shape index (κ1) is 15.0. The summed E-state index contributed by atoms with van der Waals surface area (Å²) in [6.07, 6.45) is 1.13. The lowest BCUT2D eigenvalue weighted by molar-refractivity contribution is 0.382. The molecule has 0 radical (unpaired) electrons. The van der Waals surface area contributed by atoms with Gasteiger partial charge in [-0.05, 0) is 49.9 Å². The highest BCUT2D eigenvalue weighted by atomic mass is 16.5. The molecule has 0 aliphatic rings. The van der Waals surface area contributed by atoms with Crippen LogP contribution in [0.1, 0.15) is 49.9 Å². The summed E-state index contributed by atoms with van der Waals surface area (Å²) in [6.45, 7) is 12.0. The summed E-state index contributed by atoms with van der Waals surface area (Å²) < 4.78 is 5.58. The molecule has 1 unspecified atom stereocenters. The second-order valence-electron chi connectivity index (χ2n) is 5.44. The standard InChI is InChI=1S/C16H27NO/c1-7-17-14(8-11(2)3)16-13(5)9-12(4)10-15(16)18-6/h9-11,14,17H,7-8H2,1-6H3. The highest BCUT2D eigenvalue weighted by Gasteiger charge is 2.19. The predicted molar refractivity (Wildman–Crippen MR) is 78.3 cm³/mol. The SMILES string of the molecule is CCNC(CC(C)C)c1c(C)cc(C)cc1OC. The van der Waals surface area contributed by atoms with Crippen molar-refractivity contribution in [1.29, 1.82) is 0 Å². The Morgan fingerprint density at radius 1 is 1.22 bits per heavy atom. The van der Waals surface area contributed by atoms with E-state index < -0.39 is 0 Å². The Balaban J connectivity index is 3.17. The van der Waals surface area contributed by atoms with Gasteiger partial charge in [-0.15, -0.1) is 0 Å². The molecule has 1 rings (SSSR count). The first-order valence-electron chi connectivity index (χ1n) is 6.88. The Labute approximate surface area is 112 Å². The van der Waals surface area contributed by atoms with Gasteiger partial charge >= 0.3 is 0 Å². The Bertz CT molecular complexity index is 385. The zero-order chi connectivity index (χ0) is 13.7. The average molecular weight is 249 g/mol. The topological polar surface area (TPSA) is 21.3 Å². The van der Waals surface area contributed by atoms with Crippen LogP contribution >= 0.6 is 0 Å². The summed E-state index contributed by atoms with van der Waals surface area (Å²) in [5, 5.41) is 3.59. The van der Waals surface area contributed by atoms with Crippen molar-refractivity contribution in [2.75, 3.05) is 13.7 Å². The van der Waals surface area contributed by atoms with Crippen molar-refractivity contribution in [2.45, 2.75) is 47.1 Å². The lowest BCUT2D eigenvalue weighted by atomic mass is 9.92. The molecule has 0 aliphatic carbocycles. The molecule has 2 heteroatoms. The molecule has 0 spiro atoms. The lowest BCUT2D eigenvalue weighted by Gasteiger charge is -2.24. The fraction of sp³-hybridized carbons (Fsp3) is 0.625. The largest absolute Gasteiger partial charge is 0.496 e. The maximum atomic E-state index is 5.58. The van der Waals surface area contributed by atoms with Gasteiger partial charge in [-0.3, -0.25) is 0 Å². The van der Waals surface area contributed by atoms with E-state index in [1.165, 1.54) is 16.7 Å². The third kappa shape index (κ3) is 3.74. The minimum absolute atomic E-state index is 0.380. The van der Waals surface area contributed by atoms with Crippen LogP contribution < -0.4 is 10.1 Å². The van der Waals surface area contributed by atoms with Crippen molar-refractivity contribution in [3.63, 3.8) is 0 Å². The number of aryl methyl sites for hydroxylation is 2. The van der Waals surface area contributed by atoms with Crippen LogP contribution in [-0.4, -0.2) is 13.7 Å². The Morgan fingerprint density at radius 3 is 2.39 bits per heavy atom. The number of nitrogens with one attached hydrogen (secondary N) is 1. The summed E-state index contributed by atoms with van der Waals surface area (Å²) in [5.41, 5.74) is 3.89. The van der Waals surface area contributed by atoms with Gasteiger partial charge in [0.05, 0.1) is 7.11 Å². The monoisotopic (exact) mass is 249 g/mol. The van der Waals surface area contributed by atoms with Crippen LogP contribution in [0.3, 0.4) is 0 Å². The number of benzene rings is 1. The molecular formula is C16H27NO. The Hall–Kier alpha value is -1.02. The molecule has 0 bridgehead atoms. The fourth-order valence-corrected chi connectivity index (χ4v) is 2.58. The average Bonchev–Trinajstić information content (AvgIpc) is 2.26. The van der Waals surface area contributed by atoms with E-state index in [1.54, 1.807) is 7.11 Å². The van der Waals surface area contributed by atoms with Gasteiger partial charge in [-0.2, -0.15) is 0 Å². The number of rotatable bonds is 6. The van der Waals surface area contributed by atoms with Crippen molar-refractivity contribution < 1.29 is 4.74 Å². The van der Waals surface area contributed by atoms with Gasteiger partial charge in [-0.1, -0.05) is 26.8 Å². The van der Waals surface area contributed by atoms with E-state index in [9.17, 15) is 0 Å². The van der Waals surface area contributed by atoms with Crippen LogP contribution in [0.2, 0.25) is 0 Å². The van der Waals surface area contributed by atoms with Crippen LogP contribution in [0.15, 0.2) is 12.1 Å². The van der Waals surface area contributed by atoms with Gasteiger partial charge in [0, 0.05) is 11.6 Å².